The molecule has 6 nitrogen and oxygen atoms in total. The van der Waals surface area contributed by atoms with E-state index in [1.165, 1.54) is 4.31 Å². The molecule has 0 spiro atoms. The van der Waals surface area contributed by atoms with Gasteiger partial charge in [0.15, 0.2) is 0 Å². The molecule has 1 fully saturated rings. The first kappa shape index (κ1) is 21.7. The molecule has 0 bridgehead atoms. The van der Waals surface area contributed by atoms with E-state index in [2.05, 4.69) is 17.3 Å². The van der Waals surface area contributed by atoms with Crippen LogP contribution in [-0.2, 0) is 14.8 Å². The van der Waals surface area contributed by atoms with Crippen molar-refractivity contribution in [2.45, 2.75) is 46.1 Å². The second kappa shape index (κ2) is 9.06. The fourth-order valence-electron chi connectivity index (χ4n) is 3.64. The number of carbonyl (C=O) groups excluding carboxylic acids is 1. The molecule has 0 radical (unpaired) electrons. The molecule has 1 aliphatic rings. The quantitative estimate of drug-likeness (QED) is 0.769. The highest BCUT2D eigenvalue weighted by molar-refractivity contribution is 7.92. The van der Waals surface area contributed by atoms with Crippen LogP contribution < -0.4 is 9.62 Å². The summed E-state index contributed by atoms with van der Waals surface area (Å²) in [5.74, 6) is 0.371. The third-order valence-electron chi connectivity index (χ3n) is 5.38. The monoisotopic (exact) mass is 395 g/mol. The molecule has 1 aliphatic heterocycles. The number of carbonyl (C=O) groups is 1. The first-order valence-electron chi connectivity index (χ1n) is 9.62. The molecule has 27 heavy (non-hydrogen) atoms. The first-order valence-corrected chi connectivity index (χ1v) is 11.5. The summed E-state index contributed by atoms with van der Waals surface area (Å²) in [5, 5.41) is 2.94. The minimum atomic E-state index is -3.59. The number of sulfonamides is 1. The summed E-state index contributed by atoms with van der Waals surface area (Å²) >= 11 is 0. The zero-order valence-electron chi connectivity index (χ0n) is 17.2. The van der Waals surface area contributed by atoms with Gasteiger partial charge in [0.1, 0.15) is 6.04 Å². The Morgan fingerprint density at radius 3 is 2.52 bits per heavy atom. The van der Waals surface area contributed by atoms with E-state index in [1.807, 2.05) is 32.0 Å². The van der Waals surface area contributed by atoms with E-state index in [0.29, 0.717) is 18.2 Å². The van der Waals surface area contributed by atoms with E-state index in [-0.39, 0.29) is 5.91 Å². The second-order valence-corrected chi connectivity index (χ2v) is 9.71. The van der Waals surface area contributed by atoms with Gasteiger partial charge in [-0.05, 0) is 83.3 Å². The molecule has 1 atom stereocenters. The van der Waals surface area contributed by atoms with Crippen molar-refractivity contribution in [3.63, 3.8) is 0 Å². The Hall–Kier alpha value is -1.60. The summed E-state index contributed by atoms with van der Waals surface area (Å²) in [4.78, 5) is 15.0. The van der Waals surface area contributed by atoms with E-state index < -0.39 is 16.1 Å². The third kappa shape index (κ3) is 5.94. The Bertz CT molecular complexity index is 756. The van der Waals surface area contributed by atoms with Crippen LogP contribution in [0.2, 0.25) is 0 Å². The Kier molecular flexibility index (Phi) is 7.28. The summed E-state index contributed by atoms with van der Waals surface area (Å²) in [7, 11) is -1.45. The van der Waals surface area contributed by atoms with Crippen molar-refractivity contribution in [1.29, 1.82) is 0 Å². The number of likely N-dealkylation sites (tertiary alicyclic amines) is 1. The molecule has 2 rings (SSSR count). The van der Waals surface area contributed by atoms with E-state index in [9.17, 15) is 13.2 Å². The lowest BCUT2D eigenvalue weighted by atomic mass is 9.94. The molecule has 1 aromatic rings. The van der Waals surface area contributed by atoms with Crippen LogP contribution in [-0.4, -0.2) is 58.2 Å². The number of anilines is 1. The average Bonchev–Trinajstić information content (AvgIpc) is 2.58. The van der Waals surface area contributed by atoms with Gasteiger partial charge >= 0.3 is 0 Å². The molecule has 152 valence electrons. The van der Waals surface area contributed by atoms with Crippen LogP contribution in [0.1, 0.15) is 37.3 Å². The molecule has 1 N–H and O–H groups in total. The maximum absolute atomic E-state index is 12.7. The highest BCUT2D eigenvalue weighted by Crippen LogP contribution is 2.26. The van der Waals surface area contributed by atoms with Crippen molar-refractivity contribution in [2.75, 3.05) is 37.2 Å². The molecule has 0 aromatic heterocycles. The normalized spacial score (nSPS) is 17.5. The van der Waals surface area contributed by atoms with Crippen molar-refractivity contribution in [1.82, 2.24) is 10.2 Å². The molecule has 0 unspecified atom stereocenters. The topological polar surface area (TPSA) is 69.7 Å². The Morgan fingerprint density at radius 2 is 1.93 bits per heavy atom. The average molecular weight is 396 g/mol. The number of benzene rings is 1. The predicted molar refractivity (Wildman–Crippen MR) is 111 cm³/mol. The van der Waals surface area contributed by atoms with Gasteiger partial charge in [0, 0.05) is 6.54 Å². The minimum absolute atomic E-state index is 0.255. The van der Waals surface area contributed by atoms with Crippen LogP contribution in [0.3, 0.4) is 0 Å². The molecule has 7 heteroatoms. The standard InChI is InChI=1S/C20H33N3O3S/c1-15-6-7-16(2)19(14-15)23(27(5,25)26)17(3)20(24)21-11-8-18-9-12-22(4)13-10-18/h6-7,14,17-18H,8-13H2,1-5H3,(H,21,24)/t17-/m1/s1. The van der Waals surface area contributed by atoms with Crippen LogP contribution in [0, 0.1) is 19.8 Å². The maximum Gasteiger partial charge on any atom is 0.243 e. The number of hydrogen-bond acceptors (Lipinski definition) is 4. The van der Waals surface area contributed by atoms with Crippen LogP contribution in [0.25, 0.3) is 0 Å². The highest BCUT2D eigenvalue weighted by Gasteiger charge is 2.30. The van der Waals surface area contributed by atoms with Crippen LogP contribution >= 0.6 is 0 Å². The van der Waals surface area contributed by atoms with Crippen molar-refractivity contribution >= 4 is 21.6 Å². The van der Waals surface area contributed by atoms with Crippen LogP contribution in [0.4, 0.5) is 5.69 Å². The zero-order chi connectivity index (χ0) is 20.2. The lowest BCUT2D eigenvalue weighted by molar-refractivity contribution is -0.121. The number of amides is 1. The zero-order valence-corrected chi connectivity index (χ0v) is 18.0. The largest absolute Gasteiger partial charge is 0.354 e. The van der Waals surface area contributed by atoms with Crippen molar-refractivity contribution in [2.24, 2.45) is 5.92 Å². The molecule has 1 aromatic carbocycles. The fraction of sp³-hybridized carbons (Fsp3) is 0.650. The van der Waals surface area contributed by atoms with Gasteiger partial charge in [-0.3, -0.25) is 9.10 Å². The Morgan fingerprint density at radius 1 is 1.30 bits per heavy atom. The molecule has 1 saturated heterocycles. The lowest BCUT2D eigenvalue weighted by Gasteiger charge is -2.31. The van der Waals surface area contributed by atoms with Gasteiger partial charge in [0.25, 0.3) is 0 Å². The van der Waals surface area contributed by atoms with Gasteiger partial charge in [-0.2, -0.15) is 0 Å². The summed E-state index contributed by atoms with van der Waals surface area (Å²) in [6, 6.07) is 4.84. The second-order valence-electron chi connectivity index (χ2n) is 7.85. The smallest absolute Gasteiger partial charge is 0.243 e. The Labute approximate surface area is 164 Å². The van der Waals surface area contributed by atoms with E-state index in [4.69, 9.17) is 0 Å². The number of aryl methyl sites for hydroxylation is 2. The van der Waals surface area contributed by atoms with Gasteiger partial charge in [-0.15, -0.1) is 0 Å². The SMILES string of the molecule is Cc1ccc(C)c(N([C@H](C)C(=O)NCCC2CCN(C)CC2)S(C)(=O)=O)c1. The van der Waals surface area contributed by atoms with Gasteiger partial charge < -0.3 is 10.2 Å². The highest BCUT2D eigenvalue weighted by atomic mass is 32.2. The number of hydrogen-bond donors (Lipinski definition) is 1. The lowest BCUT2D eigenvalue weighted by Crippen LogP contribution is -2.48. The molecule has 1 heterocycles. The van der Waals surface area contributed by atoms with Crippen LogP contribution in [0.5, 0.6) is 0 Å². The van der Waals surface area contributed by atoms with E-state index in [1.54, 1.807) is 6.92 Å². The van der Waals surface area contributed by atoms with Gasteiger partial charge in [0.2, 0.25) is 15.9 Å². The van der Waals surface area contributed by atoms with E-state index in [0.717, 1.165) is 49.7 Å². The van der Waals surface area contributed by atoms with Crippen molar-refractivity contribution in [3.8, 4) is 0 Å². The van der Waals surface area contributed by atoms with E-state index >= 15 is 0 Å². The van der Waals surface area contributed by atoms with Crippen molar-refractivity contribution < 1.29 is 13.2 Å². The molecule has 0 aliphatic carbocycles. The minimum Gasteiger partial charge on any atom is -0.354 e. The van der Waals surface area contributed by atoms with Gasteiger partial charge in [-0.1, -0.05) is 12.1 Å². The predicted octanol–water partition coefficient (Wildman–Crippen LogP) is 2.31. The summed E-state index contributed by atoms with van der Waals surface area (Å²) in [5.41, 5.74) is 2.35. The fourth-order valence-corrected chi connectivity index (χ4v) is 4.86. The molecular formula is C20H33N3O3S. The number of rotatable bonds is 7. The number of nitrogens with one attached hydrogen (secondary N) is 1. The van der Waals surface area contributed by atoms with Gasteiger partial charge in [-0.25, -0.2) is 8.42 Å². The summed E-state index contributed by atoms with van der Waals surface area (Å²) in [6.45, 7) is 8.20. The number of nitrogens with zero attached hydrogens (tertiary/aromatic N) is 2. The van der Waals surface area contributed by atoms with Crippen LogP contribution in [0.15, 0.2) is 18.2 Å². The third-order valence-corrected chi connectivity index (χ3v) is 6.61. The summed E-state index contributed by atoms with van der Waals surface area (Å²) < 4.78 is 26.1. The van der Waals surface area contributed by atoms with Gasteiger partial charge in [0.05, 0.1) is 11.9 Å². The molecule has 0 saturated carbocycles. The molecule has 1 amide bonds. The number of piperidine rings is 1. The maximum atomic E-state index is 12.7. The Balaban J connectivity index is 2.03. The summed E-state index contributed by atoms with van der Waals surface area (Å²) in [6.07, 6.45) is 4.39. The van der Waals surface area contributed by atoms with Crippen molar-refractivity contribution in [3.05, 3.63) is 29.3 Å². The molecular weight excluding hydrogens is 362 g/mol. The first-order chi connectivity index (χ1) is 12.6.